The van der Waals surface area contributed by atoms with E-state index in [4.69, 9.17) is 0 Å². The van der Waals surface area contributed by atoms with E-state index in [0.717, 1.165) is 18.1 Å². The summed E-state index contributed by atoms with van der Waals surface area (Å²) in [5.74, 6) is 1.43. The number of nitrogens with one attached hydrogen (secondary N) is 2. The van der Waals surface area contributed by atoms with E-state index in [9.17, 15) is 13.2 Å². The molecule has 0 radical (unpaired) electrons. The van der Waals surface area contributed by atoms with Gasteiger partial charge in [0.25, 0.3) is 0 Å². The number of alkyl halides is 3. The summed E-state index contributed by atoms with van der Waals surface area (Å²) in [5, 5.41) is 6.77. The fourth-order valence-electron chi connectivity index (χ4n) is 3.09. The number of aromatic nitrogens is 2. The second-order valence-corrected chi connectivity index (χ2v) is 7.16. The van der Waals surface area contributed by atoms with Crippen molar-refractivity contribution in [2.24, 2.45) is 4.99 Å². The summed E-state index contributed by atoms with van der Waals surface area (Å²) in [6.07, 6.45) is -3.61. The Balaban J connectivity index is 2.08. The first kappa shape index (κ1) is 22.3. The molecule has 3 rings (SSSR count). The van der Waals surface area contributed by atoms with Crippen LogP contribution in [0, 0.1) is 6.92 Å². The highest BCUT2D eigenvalue weighted by Crippen LogP contribution is 2.37. The van der Waals surface area contributed by atoms with Crippen LogP contribution in [0.25, 0.3) is 22.3 Å². The molecule has 0 aliphatic carbocycles. The lowest BCUT2D eigenvalue weighted by atomic mass is 10.1. The summed E-state index contributed by atoms with van der Waals surface area (Å²) in [5.41, 5.74) is 0.605. The number of halogens is 3. The molecule has 0 aliphatic heterocycles. The Hall–Kier alpha value is -3.42. The van der Waals surface area contributed by atoms with Gasteiger partial charge in [0.2, 0.25) is 0 Å². The third-order valence-electron chi connectivity index (χ3n) is 4.50. The Morgan fingerprint density at radius 3 is 2.58 bits per heavy atom. The zero-order valence-corrected chi connectivity index (χ0v) is 17.6. The van der Waals surface area contributed by atoms with E-state index in [0.29, 0.717) is 34.9 Å². The zero-order valence-electron chi connectivity index (χ0n) is 17.6. The molecule has 0 aliphatic rings. The first-order valence-electron chi connectivity index (χ1n) is 9.88. The topological polar surface area (TPSA) is 62.2 Å². The summed E-state index contributed by atoms with van der Waals surface area (Å²) in [6.45, 7) is 10.4. The van der Waals surface area contributed by atoms with Gasteiger partial charge < -0.3 is 10.6 Å². The molecule has 0 fully saturated rings. The van der Waals surface area contributed by atoms with Gasteiger partial charge in [-0.25, -0.2) is 9.97 Å². The minimum Gasteiger partial charge on any atom is -0.331 e. The summed E-state index contributed by atoms with van der Waals surface area (Å²) in [7, 11) is 0. The van der Waals surface area contributed by atoms with Crippen molar-refractivity contribution in [2.45, 2.75) is 33.4 Å². The average Bonchev–Trinajstić information content (AvgIpc) is 2.71. The molecule has 1 aromatic heterocycles. The van der Waals surface area contributed by atoms with Crippen molar-refractivity contribution in [3.63, 3.8) is 0 Å². The molecule has 31 heavy (non-hydrogen) atoms. The summed E-state index contributed by atoms with van der Waals surface area (Å²) in [6, 6.07) is 10.8. The van der Waals surface area contributed by atoms with Gasteiger partial charge in [0, 0.05) is 17.5 Å². The first-order valence-corrected chi connectivity index (χ1v) is 9.88. The predicted molar refractivity (Wildman–Crippen MR) is 119 cm³/mol. The van der Waals surface area contributed by atoms with Crippen LogP contribution in [0.2, 0.25) is 0 Å². The normalized spacial score (nSPS) is 12.1. The van der Waals surface area contributed by atoms with Gasteiger partial charge >= 0.3 is 6.18 Å². The first-order chi connectivity index (χ1) is 14.7. The Morgan fingerprint density at radius 2 is 1.87 bits per heavy atom. The van der Waals surface area contributed by atoms with Crippen LogP contribution in [0.5, 0.6) is 0 Å². The lowest BCUT2D eigenvalue weighted by molar-refractivity contribution is -0.137. The lowest BCUT2D eigenvalue weighted by Crippen LogP contribution is -2.24. The maximum absolute atomic E-state index is 13.6. The van der Waals surface area contributed by atoms with Gasteiger partial charge in [0.1, 0.15) is 11.6 Å². The predicted octanol–water partition coefficient (Wildman–Crippen LogP) is 5.93. The third-order valence-corrected chi connectivity index (χ3v) is 4.50. The van der Waals surface area contributed by atoms with Crippen molar-refractivity contribution >= 4 is 22.6 Å². The third kappa shape index (κ3) is 5.39. The number of nitrogens with zero attached hydrogens (tertiary/aromatic N) is 3. The Bertz CT molecular complexity index is 1140. The number of hydrogen-bond donors (Lipinski definition) is 2. The molecule has 0 atom stereocenters. The van der Waals surface area contributed by atoms with Gasteiger partial charge in [0.05, 0.1) is 16.9 Å². The van der Waals surface area contributed by atoms with E-state index in [-0.39, 0.29) is 11.4 Å². The molecule has 0 saturated heterocycles. The van der Waals surface area contributed by atoms with E-state index in [1.54, 1.807) is 0 Å². The molecule has 0 saturated carbocycles. The average molecular weight is 427 g/mol. The van der Waals surface area contributed by atoms with Gasteiger partial charge in [-0.1, -0.05) is 37.8 Å². The molecule has 0 unspecified atom stereocenters. The molecule has 8 heteroatoms. The van der Waals surface area contributed by atoms with Crippen molar-refractivity contribution in [3.8, 4) is 11.4 Å². The number of hydrogen-bond acceptors (Lipinski definition) is 4. The molecule has 162 valence electrons. The number of benzene rings is 2. The Kier molecular flexibility index (Phi) is 6.58. The molecule has 3 aromatic rings. The molecule has 0 spiro atoms. The SMILES string of the molecule is C=C(NC(C)=NCCC)Nc1nc(-c2ccccc2C(F)(F)F)nc2cc(C)ccc12. The number of amidine groups is 1. The number of aliphatic imine (C=N–C) groups is 1. The second-order valence-electron chi connectivity index (χ2n) is 7.16. The van der Waals surface area contributed by atoms with Gasteiger partial charge in [-0.15, -0.1) is 0 Å². The molecule has 2 N–H and O–H groups in total. The van der Waals surface area contributed by atoms with Crippen LogP contribution < -0.4 is 10.6 Å². The number of aryl methyl sites for hydroxylation is 1. The minimum absolute atomic E-state index is 0.0160. The summed E-state index contributed by atoms with van der Waals surface area (Å²) >= 11 is 0. The Labute approximate surface area is 179 Å². The van der Waals surface area contributed by atoms with Gasteiger partial charge in [-0.2, -0.15) is 13.2 Å². The maximum Gasteiger partial charge on any atom is 0.417 e. The van der Waals surface area contributed by atoms with Crippen LogP contribution in [0.4, 0.5) is 19.0 Å². The van der Waals surface area contributed by atoms with Crippen LogP contribution in [0.3, 0.4) is 0 Å². The molecule has 1 heterocycles. The zero-order chi connectivity index (χ0) is 22.6. The summed E-state index contributed by atoms with van der Waals surface area (Å²) in [4.78, 5) is 13.2. The molecule has 0 bridgehead atoms. The monoisotopic (exact) mass is 427 g/mol. The van der Waals surface area contributed by atoms with E-state index >= 15 is 0 Å². The maximum atomic E-state index is 13.6. The molecular formula is C23H24F3N5. The van der Waals surface area contributed by atoms with E-state index in [1.165, 1.54) is 18.2 Å². The fraction of sp³-hybridized carbons (Fsp3) is 0.261. The van der Waals surface area contributed by atoms with Crippen LogP contribution >= 0.6 is 0 Å². The highest BCUT2D eigenvalue weighted by molar-refractivity contribution is 5.92. The van der Waals surface area contributed by atoms with E-state index in [2.05, 4.69) is 32.2 Å². The van der Waals surface area contributed by atoms with Crippen molar-refractivity contribution in [2.75, 3.05) is 11.9 Å². The van der Waals surface area contributed by atoms with E-state index in [1.807, 2.05) is 39.0 Å². The van der Waals surface area contributed by atoms with Gasteiger partial charge in [-0.3, -0.25) is 4.99 Å². The summed E-state index contributed by atoms with van der Waals surface area (Å²) < 4.78 is 40.7. The fourth-order valence-corrected chi connectivity index (χ4v) is 3.09. The minimum atomic E-state index is -4.52. The van der Waals surface area contributed by atoms with Crippen LogP contribution in [-0.2, 0) is 6.18 Å². The highest BCUT2D eigenvalue weighted by Gasteiger charge is 2.34. The number of anilines is 1. The highest BCUT2D eigenvalue weighted by atomic mass is 19.4. The van der Waals surface area contributed by atoms with Crippen LogP contribution in [0.15, 0.2) is 59.9 Å². The Morgan fingerprint density at radius 1 is 1.13 bits per heavy atom. The van der Waals surface area contributed by atoms with Crippen molar-refractivity contribution in [1.82, 2.24) is 15.3 Å². The largest absolute Gasteiger partial charge is 0.417 e. The number of fused-ring (bicyclic) bond motifs is 1. The lowest BCUT2D eigenvalue weighted by Gasteiger charge is -2.16. The molecule has 5 nitrogen and oxygen atoms in total. The molecular weight excluding hydrogens is 403 g/mol. The van der Waals surface area contributed by atoms with Gasteiger partial charge in [0.15, 0.2) is 5.82 Å². The van der Waals surface area contributed by atoms with E-state index < -0.39 is 11.7 Å². The standard InChI is InChI=1S/C23H24F3N5/c1-5-12-27-15(3)28-16(4)29-22-18-11-10-14(2)13-20(18)30-21(31-22)17-8-6-7-9-19(17)23(24,25)26/h6-11,13H,4-5,12H2,1-3H3,(H,27,28)(H,29,30,31). The van der Waals surface area contributed by atoms with Crippen LogP contribution in [0.1, 0.15) is 31.4 Å². The van der Waals surface area contributed by atoms with Crippen molar-refractivity contribution in [1.29, 1.82) is 0 Å². The second kappa shape index (κ2) is 9.16. The smallest absolute Gasteiger partial charge is 0.331 e. The quantitative estimate of drug-likeness (QED) is 0.378. The van der Waals surface area contributed by atoms with Crippen LogP contribution in [-0.4, -0.2) is 22.3 Å². The van der Waals surface area contributed by atoms with Gasteiger partial charge in [-0.05, 0) is 44.0 Å². The van der Waals surface area contributed by atoms with Crippen molar-refractivity contribution in [3.05, 3.63) is 66.0 Å². The van der Waals surface area contributed by atoms with Crippen molar-refractivity contribution < 1.29 is 13.2 Å². The molecule has 0 amide bonds. The molecule has 2 aromatic carbocycles. The number of rotatable bonds is 6.